The van der Waals surface area contributed by atoms with Crippen LogP contribution in [0.2, 0.25) is 0 Å². The summed E-state index contributed by atoms with van der Waals surface area (Å²) in [6.07, 6.45) is 3.18. The van der Waals surface area contributed by atoms with E-state index in [0.29, 0.717) is 11.2 Å². The summed E-state index contributed by atoms with van der Waals surface area (Å²) in [7, 11) is -1.43. The predicted molar refractivity (Wildman–Crippen MR) is 67.9 cm³/mol. The minimum absolute atomic E-state index is 0.536. The summed E-state index contributed by atoms with van der Waals surface area (Å²) in [5, 5.41) is 19.3. The molecule has 2 aromatic rings. The molecule has 0 saturated heterocycles. The van der Waals surface area contributed by atoms with Crippen LogP contribution < -0.4 is 5.46 Å². The monoisotopic (exact) mass is 246 g/mol. The molecule has 0 fully saturated rings. The fraction of sp³-hybridized carbons (Fsp3) is 0.0909. The van der Waals surface area contributed by atoms with Gasteiger partial charge < -0.3 is 10.0 Å². The van der Waals surface area contributed by atoms with Crippen molar-refractivity contribution >= 4 is 24.3 Å². The molecule has 0 aliphatic rings. The zero-order chi connectivity index (χ0) is 12.1. The molecule has 0 atom stereocenters. The van der Waals surface area contributed by atoms with Crippen LogP contribution in [0.1, 0.15) is 5.56 Å². The Labute approximate surface area is 104 Å². The molecule has 0 spiro atoms. The van der Waals surface area contributed by atoms with Gasteiger partial charge in [-0.05, 0) is 17.1 Å². The van der Waals surface area contributed by atoms with E-state index in [9.17, 15) is 10.0 Å². The first kappa shape index (κ1) is 12.1. The Morgan fingerprint density at radius 1 is 1.18 bits per heavy atom. The van der Waals surface area contributed by atoms with Crippen LogP contribution >= 0.6 is 11.8 Å². The van der Waals surface area contributed by atoms with Gasteiger partial charge in [0.1, 0.15) is 6.33 Å². The molecule has 2 rings (SSSR count). The van der Waals surface area contributed by atoms with E-state index in [0.717, 1.165) is 10.6 Å². The molecule has 0 aliphatic carbocycles. The maximum absolute atomic E-state index is 9.22. The molecule has 1 aromatic carbocycles. The summed E-state index contributed by atoms with van der Waals surface area (Å²) in [6, 6.07) is 9.07. The number of benzene rings is 1. The maximum Gasteiger partial charge on any atom is 0.488 e. The van der Waals surface area contributed by atoms with Crippen LogP contribution in [-0.4, -0.2) is 27.1 Å². The molecular formula is C11H11BN2O2S. The summed E-state index contributed by atoms with van der Waals surface area (Å²) >= 11 is 1.53. The van der Waals surface area contributed by atoms with Crippen molar-refractivity contribution < 1.29 is 10.0 Å². The minimum Gasteiger partial charge on any atom is -0.423 e. The highest BCUT2D eigenvalue weighted by molar-refractivity contribution is 7.98. The molecule has 0 radical (unpaired) electrons. The quantitative estimate of drug-likeness (QED) is 0.465. The minimum atomic E-state index is -1.43. The van der Waals surface area contributed by atoms with Gasteiger partial charge >= 0.3 is 7.12 Å². The number of nitrogens with zero attached hydrogens (tertiary/aromatic N) is 2. The second-order valence-electron chi connectivity index (χ2n) is 3.41. The number of rotatable bonds is 4. The van der Waals surface area contributed by atoms with Crippen LogP contribution in [0.25, 0.3) is 0 Å². The van der Waals surface area contributed by atoms with Gasteiger partial charge in [0.25, 0.3) is 0 Å². The summed E-state index contributed by atoms with van der Waals surface area (Å²) in [5.74, 6) is 0.644. The Morgan fingerprint density at radius 3 is 2.71 bits per heavy atom. The average molecular weight is 246 g/mol. The van der Waals surface area contributed by atoms with Gasteiger partial charge in [-0.15, -0.1) is 11.8 Å². The highest BCUT2D eigenvalue weighted by Gasteiger charge is 2.14. The van der Waals surface area contributed by atoms with Crippen molar-refractivity contribution in [2.24, 2.45) is 0 Å². The molecule has 0 unspecified atom stereocenters. The van der Waals surface area contributed by atoms with Crippen molar-refractivity contribution in [3.05, 3.63) is 48.4 Å². The normalized spacial score (nSPS) is 10.2. The van der Waals surface area contributed by atoms with Crippen LogP contribution in [0.15, 0.2) is 47.9 Å². The molecule has 17 heavy (non-hydrogen) atoms. The van der Waals surface area contributed by atoms with Crippen LogP contribution in [0.3, 0.4) is 0 Å². The van der Waals surface area contributed by atoms with E-state index in [2.05, 4.69) is 9.97 Å². The first-order valence-electron chi connectivity index (χ1n) is 5.10. The maximum atomic E-state index is 9.22. The van der Waals surface area contributed by atoms with Crippen LogP contribution in [0, 0.1) is 0 Å². The van der Waals surface area contributed by atoms with Gasteiger partial charge in [0.15, 0.2) is 0 Å². The Kier molecular flexibility index (Phi) is 4.14. The molecule has 1 aromatic heterocycles. The van der Waals surface area contributed by atoms with E-state index in [4.69, 9.17) is 0 Å². The first-order valence-corrected chi connectivity index (χ1v) is 6.08. The van der Waals surface area contributed by atoms with E-state index >= 15 is 0 Å². The number of thioether (sulfide) groups is 1. The average Bonchev–Trinajstić information content (AvgIpc) is 2.38. The molecule has 2 N–H and O–H groups in total. The molecule has 1 heterocycles. The van der Waals surface area contributed by atoms with Gasteiger partial charge in [-0.3, -0.25) is 0 Å². The van der Waals surface area contributed by atoms with Gasteiger partial charge in [-0.25, -0.2) is 9.97 Å². The zero-order valence-corrected chi connectivity index (χ0v) is 9.84. The molecule has 0 saturated carbocycles. The van der Waals surface area contributed by atoms with Crippen molar-refractivity contribution in [2.45, 2.75) is 10.8 Å². The fourth-order valence-electron chi connectivity index (χ4n) is 1.43. The smallest absolute Gasteiger partial charge is 0.423 e. The topological polar surface area (TPSA) is 66.2 Å². The molecular weight excluding hydrogens is 235 g/mol. The number of hydrogen-bond acceptors (Lipinski definition) is 5. The first-order chi connectivity index (χ1) is 8.27. The van der Waals surface area contributed by atoms with E-state index in [1.54, 1.807) is 18.3 Å². The summed E-state index contributed by atoms with van der Waals surface area (Å²) in [5.41, 5.74) is 1.43. The highest BCUT2D eigenvalue weighted by Crippen LogP contribution is 2.18. The summed E-state index contributed by atoms with van der Waals surface area (Å²) in [4.78, 5) is 7.94. The lowest BCUT2D eigenvalue weighted by Crippen LogP contribution is -2.32. The van der Waals surface area contributed by atoms with Crippen molar-refractivity contribution in [1.29, 1.82) is 0 Å². The van der Waals surface area contributed by atoms with Crippen molar-refractivity contribution in [1.82, 2.24) is 9.97 Å². The van der Waals surface area contributed by atoms with Gasteiger partial charge in [0.05, 0.1) is 5.03 Å². The largest absolute Gasteiger partial charge is 0.488 e. The van der Waals surface area contributed by atoms with Gasteiger partial charge in [-0.1, -0.05) is 24.3 Å². The van der Waals surface area contributed by atoms with E-state index in [1.165, 1.54) is 18.1 Å². The standard InChI is InChI=1S/C11H11BN2O2S/c15-12(16)10-4-2-1-3-9(10)7-17-11-5-6-13-8-14-11/h1-6,8,15-16H,7H2. The Morgan fingerprint density at radius 2 is 2.00 bits per heavy atom. The lowest BCUT2D eigenvalue weighted by atomic mass is 9.77. The van der Waals surface area contributed by atoms with Crippen molar-refractivity contribution in [2.75, 3.05) is 0 Å². The van der Waals surface area contributed by atoms with Crippen molar-refractivity contribution in [3.63, 3.8) is 0 Å². The molecule has 6 heteroatoms. The van der Waals surface area contributed by atoms with Gasteiger partial charge in [-0.2, -0.15) is 0 Å². The molecule has 0 aliphatic heterocycles. The fourth-order valence-corrected chi connectivity index (χ4v) is 2.28. The third kappa shape index (κ3) is 3.29. The van der Waals surface area contributed by atoms with Crippen molar-refractivity contribution in [3.8, 4) is 0 Å². The van der Waals surface area contributed by atoms with Crippen LogP contribution in [-0.2, 0) is 5.75 Å². The van der Waals surface area contributed by atoms with Crippen LogP contribution in [0.5, 0.6) is 0 Å². The SMILES string of the molecule is OB(O)c1ccccc1CSc1ccncn1. The number of aromatic nitrogens is 2. The van der Waals surface area contributed by atoms with Crippen LogP contribution in [0.4, 0.5) is 0 Å². The molecule has 0 amide bonds. The van der Waals surface area contributed by atoms with E-state index in [-0.39, 0.29) is 0 Å². The van der Waals surface area contributed by atoms with Gasteiger partial charge in [0, 0.05) is 11.9 Å². The van der Waals surface area contributed by atoms with Gasteiger partial charge in [0.2, 0.25) is 0 Å². The van der Waals surface area contributed by atoms with E-state index in [1.807, 2.05) is 18.2 Å². The third-order valence-corrected chi connectivity index (χ3v) is 3.26. The molecule has 0 bridgehead atoms. The Balaban J connectivity index is 2.09. The second-order valence-corrected chi connectivity index (χ2v) is 4.40. The number of hydrogen-bond donors (Lipinski definition) is 2. The molecule has 86 valence electrons. The van der Waals surface area contributed by atoms with E-state index < -0.39 is 7.12 Å². The molecule has 4 nitrogen and oxygen atoms in total. The zero-order valence-electron chi connectivity index (χ0n) is 9.02. The second kappa shape index (κ2) is 5.81. The lowest BCUT2D eigenvalue weighted by Gasteiger charge is -2.07. The highest BCUT2D eigenvalue weighted by atomic mass is 32.2. The Bertz CT molecular complexity index is 482. The summed E-state index contributed by atoms with van der Waals surface area (Å²) < 4.78 is 0. The lowest BCUT2D eigenvalue weighted by molar-refractivity contribution is 0.425. The Hall–Kier alpha value is -1.37. The summed E-state index contributed by atoms with van der Waals surface area (Å²) in [6.45, 7) is 0. The predicted octanol–water partition coefficient (Wildman–Crippen LogP) is 0.449. The third-order valence-electron chi connectivity index (χ3n) is 2.26.